The predicted octanol–water partition coefficient (Wildman–Crippen LogP) is 2.35. The minimum Gasteiger partial charge on any atom is -0.468 e. The van der Waals surface area contributed by atoms with Crippen molar-refractivity contribution in [2.75, 3.05) is 7.11 Å². The predicted molar refractivity (Wildman–Crippen MR) is 70.1 cm³/mol. The zero-order chi connectivity index (χ0) is 12.9. The number of methoxy groups -OCH3 is 1. The van der Waals surface area contributed by atoms with Crippen LogP contribution in [0.1, 0.15) is 46.0 Å². The van der Waals surface area contributed by atoms with Crippen LogP contribution < -0.4 is 5.32 Å². The van der Waals surface area contributed by atoms with E-state index in [2.05, 4.69) is 19.2 Å². The second-order valence-corrected chi connectivity index (χ2v) is 6.96. The van der Waals surface area contributed by atoms with Crippen LogP contribution in [0.15, 0.2) is 0 Å². The number of carbonyl (C=O) groups is 1. The van der Waals surface area contributed by atoms with Gasteiger partial charge in [0.05, 0.1) is 7.11 Å². The fourth-order valence-corrected chi connectivity index (χ4v) is 5.20. The van der Waals surface area contributed by atoms with E-state index >= 15 is 0 Å². The van der Waals surface area contributed by atoms with Crippen LogP contribution in [0.3, 0.4) is 0 Å². The summed E-state index contributed by atoms with van der Waals surface area (Å²) in [6, 6.07) is 0.335. The summed E-state index contributed by atoms with van der Waals surface area (Å²) >= 11 is 0. The molecule has 4 aliphatic carbocycles. The average molecular weight is 251 g/mol. The first kappa shape index (κ1) is 12.5. The average Bonchev–Trinajstić information content (AvgIpc) is 2.31. The Kier molecular flexibility index (Phi) is 2.92. The van der Waals surface area contributed by atoms with E-state index in [0.29, 0.717) is 17.9 Å². The summed E-state index contributed by atoms with van der Waals surface area (Å²) in [6.07, 6.45) is 6.30. The molecule has 3 heteroatoms. The van der Waals surface area contributed by atoms with Crippen molar-refractivity contribution in [2.24, 2.45) is 23.7 Å². The summed E-state index contributed by atoms with van der Waals surface area (Å²) in [7, 11) is 1.54. The van der Waals surface area contributed by atoms with E-state index in [-0.39, 0.29) is 11.5 Å². The highest BCUT2D eigenvalue weighted by molar-refractivity contribution is 5.82. The molecule has 0 aliphatic heterocycles. The Bertz CT molecular complexity index is 322. The third-order valence-corrected chi connectivity index (χ3v) is 5.48. The van der Waals surface area contributed by atoms with Crippen molar-refractivity contribution in [3.63, 3.8) is 0 Å². The van der Waals surface area contributed by atoms with Crippen LogP contribution >= 0.6 is 0 Å². The molecule has 0 unspecified atom stereocenters. The Morgan fingerprint density at radius 3 is 2.00 bits per heavy atom. The van der Waals surface area contributed by atoms with E-state index in [0.717, 1.165) is 11.8 Å². The Morgan fingerprint density at radius 2 is 1.61 bits per heavy atom. The SMILES string of the molecule is COC(=O)C1(NC(C)C)C2CC3CC(C2)CC1C3. The van der Waals surface area contributed by atoms with Crippen LogP contribution in [0.4, 0.5) is 0 Å². The molecule has 4 rings (SSSR count). The van der Waals surface area contributed by atoms with Gasteiger partial charge in [0.15, 0.2) is 0 Å². The van der Waals surface area contributed by atoms with Crippen LogP contribution in [-0.4, -0.2) is 24.7 Å². The van der Waals surface area contributed by atoms with Gasteiger partial charge >= 0.3 is 5.97 Å². The quantitative estimate of drug-likeness (QED) is 0.783. The maximum absolute atomic E-state index is 12.5. The summed E-state index contributed by atoms with van der Waals surface area (Å²) in [5.74, 6) is 2.75. The molecule has 3 nitrogen and oxygen atoms in total. The molecular weight excluding hydrogens is 226 g/mol. The molecule has 4 bridgehead atoms. The molecule has 18 heavy (non-hydrogen) atoms. The Labute approximate surface area is 110 Å². The minimum absolute atomic E-state index is 0.00926. The molecule has 0 aromatic carbocycles. The number of carbonyl (C=O) groups excluding carboxylic acids is 1. The number of hydrogen-bond donors (Lipinski definition) is 1. The molecule has 0 atom stereocenters. The van der Waals surface area contributed by atoms with E-state index in [1.165, 1.54) is 39.2 Å². The van der Waals surface area contributed by atoms with Crippen LogP contribution in [0.5, 0.6) is 0 Å². The summed E-state index contributed by atoms with van der Waals surface area (Å²) in [6.45, 7) is 4.27. The van der Waals surface area contributed by atoms with E-state index in [9.17, 15) is 4.79 Å². The molecule has 0 spiro atoms. The van der Waals surface area contributed by atoms with Gasteiger partial charge in [-0.3, -0.25) is 10.1 Å². The molecule has 1 N–H and O–H groups in total. The molecule has 0 heterocycles. The summed E-state index contributed by atoms with van der Waals surface area (Å²) in [4.78, 5) is 12.5. The lowest BCUT2D eigenvalue weighted by Crippen LogP contribution is -2.70. The lowest BCUT2D eigenvalue weighted by Gasteiger charge is -2.60. The van der Waals surface area contributed by atoms with Crippen LogP contribution in [-0.2, 0) is 9.53 Å². The largest absolute Gasteiger partial charge is 0.468 e. The number of esters is 1. The molecule has 0 aromatic rings. The van der Waals surface area contributed by atoms with Gasteiger partial charge in [0.1, 0.15) is 5.54 Å². The van der Waals surface area contributed by atoms with Gasteiger partial charge in [0.2, 0.25) is 0 Å². The Morgan fingerprint density at radius 1 is 1.11 bits per heavy atom. The third kappa shape index (κ3) is 1.63. The highest BCUT2D eigenvalue weighted by atomic mass is 16.5. The summed E-state index contributed by atoms with van der Waals surface area (Å²) in [5, 5.41) is 3.61. The topological polar surface area (TPSA) is 38.3 Å². The van der Waals surface area contributed by atoms with Crippen LogP contribution in [0.2, 0.25) is 0 Å². The summed E-state index contributed by atoms with van der Waals surface area (Å²) < 4.78 is 5.18. The van der Waals surface area contributed by atoms with Crippen LogP contribution in [0.25, 0.3) is 0 Å². The standard InChI is InChI=1S/C15H25NO2/c1-9(2)16-15(14(17)18-3)12-5-10-4-11(7-12)8-13(15)6-10/h9-13,16H,4-8H2,1-3H3. The fraction of sp³-hybridized carbons (Fsp3) is 0.933. The van der Waals surface area contributed by atoms with Gasteiger partial charge in [-0.15, -0.1) is 0 Å². The first-order chi connectivity index (χ1) is 8.56. The van der Waals surface area contributed by atoms with Crippen molar-refractivity contribution in [3.05, 3.63) is 0 Å². The molecule has 4 saturated carbocycles. The first-order valence-corrected chi connectivity index (χ1v) is 7.42. The normalized spacial score (nSPS) is 45.6. The highest BCUT2D eigenvalue weighted by Gasteiger charge is 2.61. The van der Waals surface area contributed by atoms with Crippen molar-refractivity contribution >= 4 is 5.97 Å². The molecule has 0 saturated heterocycles. The Balaban J connectivity index is 1.95. The van der Waals surface area contributed by atoms with Gasteiger partial charge in [-0.1, -0.05) is 0 Å². The number of ether oxygens (including phenoxy) is 1. The van der Waals surface area contributed by atoms with Crippen molar-refractivity contribution in [1.29, 1.82) is 0 Å². The van der Waals surface area contributed by atoms with Crippen molar-refractivity contribution in [1.82, 2.24) is 5.32 Å². The zero-order valence-electron chi connectivity index (χ0n) is 11.7. The number of nitrogens with one attached hydrogen (secondary N) is 1. The number of rotatable bonds is 3. The summed E-state index contributed by atoms with van der Waals surface area (Å²) in [5.41, 5.74) is -0.379. The van der Waals surface area contributed by atoms with Gasteiger partial charge in [-0.2, -0.15) is 0 Å². The smallest absolute Gasteiger partial charge is 0.326 e. The van der Waals surface area contributed by atoms with Gasteiger partial charge in [-0.05, 0) is 69.6 Å². The minimum atomic E-state index is -0.379. The number of hydrogen-bond acceptors (Lipinski definition) is 3. The first-order valence-electron chi connectivity index (χ1n) is 7.42. The van der Waals surface area contributed by atoms with E-state index in [1.54, 1.807) is 0 Å². The van der Waals surface area contributed by atoms with E-state index in [1.807, 2.05) is 0 Å². The zero-order valence-corrected chi connectivity index (χ0v) is 11.7. The molecule has 0 amide bonds. The van der Waals surface area contributed by atoms with Gasteiger partial charge in [-0.25, -0.2) is 0 Å². The molecule has 102 valence electrons. The fourth-order valence-electron chi connectivity index (χ4n) is 5.20. The van der Waals surface area contributed by atoms with Gasteiger partial charge in [0, 0.05) is 6.04 Å². The highest BCUT2D eigenvalue weighted by Crippen LogP contribution is 2.58. The van der Waals surface area contributed by atoms with Gasteiger partial charge in [0.25, 0.3) is 0 Å². The molecular formula is C15H25NO2. The second-order valence-electron chi connectivity index (χ2n) is 6.96. The van der Waals surface area contributed by atoms with Crippen molar-refractivity contribution in [2.45, 2.75) is 57.5 Å². The molecule has 0 radical (unpaired) electrons. The lowest BCUT2D eigenvalue weighted by molar-refractivity contribution is -0.169. The Hall–Kier alpha value is -0.570. The maximum atomic E-state index is 12.5. The molecule has 4 fully saturated rings. The van der Waals surface area contributed by atoms with Gasteiger partial charge < -0.3 is 4.74 Å². The molecule has 0 aromatic heterocycles. The van der Waals surface area contributed by atoms with E-state index in [4.69, 9.17) is 4.74 Å². The van der Waals surface area contributed by atoms with E-state index < -0.39 is 0 Å². The lowest BCUT2D eigenvalue weighted by atomic mass is 9.48. The van der Waals surface area contributed by atoms with Crippen LogP contribution in [0, 0.1) is 23.7 Å². The molecule has 4 aliphatic rings. The third-order valence-electron chi connectivity index (χ3n) is 5.48. The second kappa shape index (κ2) is 4.22. The van der Waals surface area contributed by atoms with Crippen molar-refractivity contribution < 1.29 is 9.53 Å². The monoisotopic (exact) mass is 251 g/mol. The maximum Gasteiger partial charge on any atom is 0.326 e. The van der Waals surface area contributed by atoms with Crippen molar-refractivity contribution in [3.8, 4) is 0 Å².